The number of nitrogens with two attached hydrogens (primary N) is 1. The number of anilines is 3. The number of nitro benzene ring substituents is 1. The zero-order chi connectivity index (χ0) is 14.0. The van der Waals surface area contributed by atoms with E-state index in [9.17, 15) is 10.1 Å². The second-order valence-corrected chi connectivity index (χ2v) is 4.53. The lowest BCUT2D eigenvalue weighted by atomic mass is 10.1. The molecule has 0 unspecified atom stereocenters. The van der Waals surface area contributed by atoms with E-state index < -0.39 is 4.92 Å². The van der Waals surface area contributed by atoms with Crippen LogP contribution in [0.2, 0.25) is 0 Å². The van der Waals surface area contributed by atoms with Gasteiger partial charge in [-0.3, -0.25) is 10.1 Å². The average molecular weight is 257 g/mol. The number of hydrogen-bond acceptors (Lipinski definition) is 4. The minimum absolute atomic E-state index is 0.0778. The second-order valence-electron chi connectivity index (χ2n) is 4.53. The number of nitrogens with one attached hydrogen (secondary N) is 1. The van der Waals surface area contributed by atoms with Crippen molar-refractivity contribution in [2.75, 3.05) is 11.1 Å². The fourth-order valence-corrected chi connectivity index (χ4v) is 2.01. The molecule has 0 radical (unpaired) electrons. The Labute approximate surface area is 111 Å². The Kier molecular flexibility index (Phi) is 3.37. The van der Waals surface area contributed by atoms with Crippen LogP contribution in [0.4, 0.5) is 22.7 Å². The lowest BCUT2D eigenvalue weighted by Crippen LogP contribution is -1.98. The largest absolute Gasteiger partial charge is 0.393 e. The molecule has 0 saturated carbocycles. The van der Waals surface area contributed by atoms with Crippen LogP contribution in [0.5, 0.6) is 0 Å². The Bertz CT molecular complexity index is 618. The first-order valence-electron chi connectivity index (χ1n) is 5.85. The first-order chi connectivity index (χ1) is 8.95. The highest BCUT2D eigenvalue weighted by Gasteiger charge is 2.11. The van der Waals surface area contributed by atoms with Crippen molar-refractivity contribution in [3.63, 3.8) is 0 Å². The summed E-state index contributed by atoms with van der Waals surface area (Å²) in [5.74, 6) is 0. The Morgan fingerprint density at radius 1 is 1.05 bits per heavy atom. The van der Waals surface area contributed by atoms with Gasteiger partial charge in [0.2, 0.25) is 0 Å². The van der Waals surface area contributed by atoms with Gasteiger partial charge in [0.15, 0.2) is 0 Å². The van der Waals surface area contributed by atoms with E-state index in [1.54, 1.807) is 12.1 Å². The van der Waals surface area contributed by atoms with Crippen LogP contribution in [0.25, 0.3) is 0 Å². The number of nitro groups is 1. The first-order valence-corrected chi connectivity index (χ1v) is 5.85. The van der Waals surface area contributed by atoms with Gasteiger partial charge in [-0.15, -0.1) is 0 Å². The van der Waals surface area contributed by atoms with Crippen molar-refractivity contribution >= 4 is 22.7 Å². The van der Waals surface area contributed by atoms with Crippen molar-refractivity contribution in [1.82, 2.24) is 0 Å². The number of rotatable bonds is 3. The molecular weight excluding hydrogens is 242 g/mol. The molecule has 0 bridgehead atoms. The lowest BCUT2D eigenvalue weighted by Gasteiger charge is -2.09. The van der Waals surface area contributed by atoms with Crippen molar-refractivity contribution in [3.8, 4) is 0 Å². The molecule has 0 aliphatic heterocycles. The van der Waals surface area contributed by atoms with Crippen molar-refractivity contribution in [1.29, 1.82) is 0 Å². The van der Waals surface area contributed by atoms with Crippen molar-refractivity contribution < 1.29 is 4.92 Å². The van der Waals surface area contributed by atoms with E-state index in [0.29, 0.717) is 0 Å². The van der Waals surface area contributed by atoms with Crippen LogP contribution in [0.1, 0.15) is 11.1 Å². The van der Waals surface area contributed by atoms with Crippen LogP contribution in [0.3, 0.4) is 0 Å². The van der Waals surface area contributed by atoms with Gasteiger partial charge in [0.25, 0.3) is 5.69 Å². The van der Waals surface area contributed by atoms with Gasteiger partial charge >= 0.3 is 0 Å². The highest BCUT2D eigenvalue weighted by atomic mass is 16.6. The Morgan fingerprint density at radius 2 is 1.68 bits per heavy atom. The minimum Gasteiger partial charge on any atom is -0.393 e. The van der Waals surface area contributed by atoms with Crippen LogP contribution >= 0.6 is 0 Å². The summed E-state index contributed by atoms with van der Waals surface area (Å²) in [6, 6.07) is 10.7. The van der Waals surface area contributed by atoms with E-state index >= 15 is 0 Å². The smallest absolute Gasteiger partial charge is 0.292 e. The average Bonchev–Trinajstić information content (AvgIpc) is 2.26. The second kappa shape index (κ2) is 4.97. The molecule has 0 amide bonds. The molecule has 98 valence electrons. The Hall–Kier alpha value is -2.56. The van der Waals surface area contributed by atoms with E-state index in [2.05, 4.69) is 11.4 Å². The van der Waals surface area contributed by atoms with E-state index in [1.165, 1.54) is 6.07 Å². The van der Waals surface area contributed by atoms with E-state index in [1.807, 2.05) is 26.0 Å². The predicted octanol–water partition coefficient (Wildman–Crippen LogP) is 3.54. The highest BCUT2D eigenvalue weighted by molar-refractivity contribution is 5.70. The van der Waals surface area contributed by atoms with Gasteiger partial charge in [-0.2, -0.15) is 0 Å². The van der Waals surface area contributed by atoms with Gasteiger partial charge in [0.05, 0.1) is 4.92 Å². The van der Waals surface area contributed by atoms with Crippen molar-refractivity contribution in [2.45, 2.75) is 13.8 Å². The van der Waals surface area contributed by atoms with E-state index in [-0.39, 0.29) is 11.4 Å². The van der Waals surface area contributed by atoms with Gasteiger partial charge in [0, 0.05) is 17.4 Å². The molecule has 2 aromatic rings. The molecule has 2 rings (SSSR count). The van der Waals surface area contributed by atoms with Gasteiger partial charge in [-0.1, -0.05) is 6.07 Å². The van der Waals surface area contributed by atoms with Crippen LogP contribution in [-0.4, -0.2) is 4.92 Å². The maximum atomic E-state index is 10.7. The maximum Gasteiger partial charge on any atom is 0.292 e. The van der Waals surface area contributed by atoms with Gasteiger partial charge in [-0.25, -0.2) is 0 Å². The monoisotopic (exact) mass is 257 g/mol. The molecule has 3 N–H and O–H groups in total. The molecule has 0 atom stereocenters. The standard InChI is InChI=1S/C14H15N3O2/c1-9-5-10(2)7-12(6-9)16-11-3-4-14(17(18)19)13(15)8-11/h3-8,16H,15H2,1-2H3. The molecular formula is C14H15N3O2. The fraction of sp³-hybridized carbons (Fsp3) is 0.143. The zero-order valence-electron chi connectivity index (χ0n) is 10.8. The number of aryl methyl sites for hydroxylation is 2. The molecule has 0 heterocycles. The van der Waals surface area contributed by atoms with E-state index in [4.69, 9.17) is 5.73 Å². The number of nitrogen functional groups attached to an aromatic ring is 1. The predicted molar refractivity (Wildman–Crippen MR) is 76.7 cm³/mol. The topological polar surface area (TPSA) is 81.2 Å². The number of hydrogen-bond donors (Lipinski definition) is 2. The normalized spacial score (nSPS) is 10.2. The molecule has 19 heavy (non-hydrogen) atoms. The zero-order valence-corrected chi connectivity index (χ0v) is 10.8. The Balaban J connectivity index is 2.28. The van der Waals surface area contributed by atoms with Crippen LogP contribution in [-0.2, 0) is 0 Å². The quantitative estimate of drug-likeness (QED) is 0.500. The van der Waals surface area contributed by atoms with Crippen molar-refractivity contribution in [3.05, 3.63) is 57.6 Å². The summed E-state index contributed by atoms with van der Waals surface area (Å²) < 4.78 is 0. The van der Waals surface area contributed by atoms with Gasteiger partial charge in [0.1, 0.15) is 5.69 Å². The summed E-state index contributed by atoms with van der Waals surface area (Å²) in [4.78, 5) is 10.2. The summed E-state index contributed by atoms with van der Waals surface area (Å²) in [6.07, 6.45) is 0. The summed E-state index contributed by atoms with van der Waals surface area (Å²) in [6.45, 7) is 4.03. The van der Waals surface area contributed by atoms with Crippen molar-refractivity contribution in [2.24, 2.45) is 0 Å². The molecule has 0 fully saturated rings. The SMILES string of the molecule is Cc1cc(C)cc(Nc2ccc([N+](=O)[O-])c(N)c2)c1. The highest BCUT2D eigenvalue weighted by Crippen LogP contribution is 2.27. The fourth-order valence-electron chi connectivity index (χ4n) is 2.01. The first kappa shape index (κ1) is 12.9. The third-order valence-electron chi connectivity index (χ3n) is 2.73. The molecule has 0 aromatic heterocycles. The molecule has 2 aromatic carbocycles. The maximum absolute atomic E-state index is 10.7. The van der Waals surface area contributed by atoms with Crippen LogP contribution < -0.4 is 11.1 Å². The summed E-state index contributed by atoms with van der Waals surface area (Å²) >= 11 is 0. The summed E-state index contributed by atoms with van der Waals surface area (Å²) in [7, 11) is 0. The molecule has 0 spiro atoms. The van der Waals surface area contributed by atoms with Gasteiger partial charge in [-0.05, 0) is 49.2 Å². The summed E-state index contributed by atoms with van der Waals surface area (Å²) in [5, 5.41) is 13.9. The minimum atomic E-state index is -0.490. The molecule has 5 heteroatoms. The summed E-state index contributed by atoms with van der Waals surface area (Å²) in [5.41, 5.74) is 9.69. The molecule has 0 saturated heterocycles. The number of benzene rings is 2. The third kappa shape index (κ3) is 3.01. The van der Waals surface area contributed by atoms with Crippen LogP contribution in [0, 0.1) is 24.0 Å². The lowest BCUT2D eigenvalue weighted by molar-refractivity contribution is -0.383. The van der Waals surface area contributed by atoms with E-state index in [0.717, 1.165) is 22.5 Å². The Morgan fingerprint density at radius 3 is 2.21 bits per heavy atom. The third-order valence-corrected chi connectivity index (χ3v) is 2.73. The van der Waals surface area contributed by atoms with Gasteiger partial charge < -0.3 is 11.1 Å². The molecule has 0 aliphatic carbocycles. The number of nitrogens with zero attached hydrogens (tertiary/aromatic N) is 1. The molecule has 0 aliphatic rings. The molecule has 5 nitrogen and oxygen atoms in total. The van der Waals surface area contributed by atoms with Crippen LogP contribution in [0.15, 0.2) is 36.4 Å².